The zero-order valence-electron chi connectivity index (χ0n) is 12.7. The molecular weight excluding hydrogens is 303 g/mol. The van der Waals surface area contributed by atoms with E-state index in [1.807, 2.05) is 13.8 Å². The van der Waals surface area contributed by atoms with Gasteiger partial charge in [-0.3, -0.25) is 9.59 Å². The van der Waals surface area contributed by atoms with E-state index in [0.29, 0.717) is 5.56 Å². The number of aromatic nitrogens is 2. The Labute approximate surface area is 131 Å². The van der Waals surface area contributed by atoms with E-state index in [9.17, 15) is 14.0 Å². The van der Waals surface area contributed by atoms with Crippen LogP contribution in [0.25, 0.3) is 11.3 Å². The molecule has 0 saturated heterocycles. The summed E-state index contributed by atoms with van der Waals surface area (Å²) in [7, 11) is 0. The molecule has 23 heavy (non-hydrogen) atoms. The number of hydrogen-bond acceptors (Lipinski definition) is 4. The molecule has 0 radical (unpaired) electrons. The molecule has 0 bridgehead atoms. The first-order valence-electron chi connectivity index (χ1n) is 6.90. The zero-order valence-corrected chi connectivity index (χ0v) is 12.7. The van der Waals surface area contributed by atoms with Crippen molar-refractivity contribution in [3.05, 3.63) is 35.1 Å². The second kappa shape index (κ2) is 6.07. The molecule has 1 amide bonds. The molecule has 0 aliphatic carbocycles. The summed E-state index contributed by atoms with van der Waals surface area (Å²) in [5, 5.41) is 13.0. The van der Waals surface area contributed by atoms with Crippen molar-refractivity contribution in [1.29, 1.82) is 0 Å². The largest absolute Gasteiger partial charge is 0.481 e. The minimum absolute atomic E-state index is 0.0177. The van der Waals surface area contributed by atoms with Gasteiger partial charge in [0.25, 0.3) is 5.91 Å². The molecule has 0 fully saturated rings. The van der Waals surface area contributed by atoms with Gasteiger partial charge >= 0.3 is 5.97 Å². The van der Waals surface area contributed by atoms with Crippen LogP contribution >= 0.6 is 0 Å². The van der Waals surface area contributed by atoms with E-state index in [-0.39, 0.29) is 28.7 Å². The maximum Gasteiger partial charge on any atom is 0.307 e. The van der Waals surface area contributed by atoms with E-state index < -0.39 is 24.1 Å². The molecule has 0 atom stereocenters. The normalized spacial score (nSPS) is 11.0. The quantitative estimate of drug-likeness (QED) is 0.771. The molecule has 122 valence electrons. The van der Waals surface area contributed by atoms with Gasteiger partial charge in [0.1, 0.15) is 22.9 Å². The van der Waals surface area contributed by atoms with Gasteiger partial charge in [-0.15, -0.1) is 0 Å². The summed E-state index contributed by atoms with van der Waals surface area (Å²) in [5.41, 5.74) is 11.8. The van der Waals surface area contributed by atoms with Crippen molar-refractivity contribution in [2.75, 3.05) is 5.73 Å². The highest BCUT2D eigenvalue weighted by Crippen LogP contribution is 2.30. The number of halogens is 1. The Morgan fingerprint density at radius 1 is 1.39 bits per heavy atom. The lowest BCUT2D eigenvalue weighted by Gasteiger charge is -2.07. The van der Waals surface area contributed by atoms with E-state index >= 15 is 0 Å². The highest BCUT2D eigenvalue weighted by atomic mass is 19.1. The Balaban J connectivity index is 2.58. The number of nitrogens with two attached hydrogens (primary N) is 2. The first kappa shape index (κ1) is 16.5. The van der Waals surface area contributed by atoms with Crippen LogP contribution in [0, 0.1) is 5.82 Å². The molecule has 8 heteroatoms. The van der Waals surface area contributed by atoms with Gasteiger partial charge in [-0.05, 0) is 25.5 Å². The van der Waals surface area contributed by atoms with E-state index in [2.05, 4.69) is 5.10 Å². The Kier molecular flexibility index (Phi) is 4.35. The maximum atomic E-state index is 14.0. The number of carboxylic acid groups (broad SMARTS) is 1. The summed E-state index contributed by atoms with van der Waals surface area (Å²) in [6.45, 7) is 3.66. The van der Waals surface area contributed by atoms with E-state index in [4.69, 9.17) is 16.6 Å². The van der Waals surface area contributed by atoms with Crippen molar-refractivity contribution in [1.82, 2.24) is 9.78 Å². The molecule has 2 rings (SSSR count). The molecule has 0 saturated carbocycles. The van der Waals surface area contributed by atoms with Crippen molar-refractivity contribution in [3.63, 3.8) is 0 Å². The van der Waals surface area contributed by atoms with E-state index in [1.165, 1.54) is 16.8 Å². The Hall–Kier alpha value is -2.90. The summed E-state index contributed by atoms with van der Waals surface area (Å²) in [5.74, 6) is -2.49. The third kappa shape index (κ3) is 3.15. The van der Waals surface area contributed by atoms with Crippen LogP contribution in [-0.4, -0.2) is 26.8 Å². The highest BCUT2D eigenvalue weighted by molar-refractivity contribution is 6.03. The van der Waals surface area contributed by atoms with Crippen LogP contribution in [-0.2, 0) is 11.2 Å². The summed E-state index contributed by atoms with van der Waals surface area (Å²) in [6.07, 6.45) is -0.433. The van der Waals surface area contributed by atoms with Crippen molar-refractivity contribution in [3.8, 4) is 11.3 Å². The molecular formula is C15H17FN4O3. The second-order valence-corrected chi connectivity index (χ2v) is 5.39. The summed E-state index contributed by atoms with van der Waals surface area (Å²) >= 11 is 0. The summed E-state index contributed by atoms with van der Waals surface area (Å²) < 4.78 is 15.5. The predicted molar refractivity (Wildman–Crippen MR) is 82.3 cm³/mol. The SMILES string of the molecule is CC(C)n1nc(-c2ccc(CC(=O)O)c(F)c2)c(C(N)=O)c1N. The van der Waals surface area contributed by atoms with Gasteiger partial charge in [0.05, 0.1) is 6.42 Å². The molecule has 5 N–H and O–H groups in total. The number of rotatable bonds is 5. The lowest BCUT2D eigenvalue weighted by Crippen LogP contribution is -2.15. The van der Waals surface area contributed by atoms with Gasteiger partial charge in [-0.1, -0.05) is 12.1 Å². The fraction of sp³-hybridized carbons (Fsp3) is 0.267. The highest BCUT2D eigenvalue weighted by Gasteiger charge is 2.23. The predicted octanol–water partition coefficient (Wildman–Crippen LogP) is 1.58. The standard InChI is InChI=1S/C15H17FN4O3/c1-7(2)20-14(17)12(15(18)23)13(19-20)9-4-3-8(6-11(21)22)10(16)5-9/h3-5,7H,6,17H2,1-2H3,(H2,18,23)(H,21,22). The lowest BCUT2D eigenvalue weighted by atomic mass is 10.0. The van der Waals surface area contributed by atoms with Crippen molar-refractivity contribution < 1.29 is 19.1 Å². The van der Waals surface area contributed by atoms with Gasteiger partial charge in [0, 0.05) is 11.6 Å². The summed E-state index contributed by atoms with van der Waals surface area (Å²) in [4.78, 5) is 22.3. The van der Waals surface area contributed by atoms with Crippen molar-refractivity contribution in [2.45, 2.75) is 26.3 Å². The summed E-state index contributed by atoms with van der Waals surface area (Å²) in [6, 6.07) is 3.84. The van der Waals surface area contributed by atoms with Gasteiger partial charge in [0.2, 0.25) is 0 Å². The van der Waals surface area contributed by atoms with Crippen LogP contribution in [0.15, 0.2) is 18.2 Å². The van der Waals surface area contributed by atoms with E-state index in [1.54, 1.807) is 0 Å². The number of nitrogens with zero attached hydrogens (tertiary/aromatic N) is 2. The van der Waals surface area contributed by atoms with Gasteiger partial charge < -0.3 is 16.6 Å². The average molecular weight is 320 g/mol. The van der Waals surface area contributed by atoms with Gasteiger partial charge in [0.15, 0.2) is 0 Å². The fourth-order valence-electron chi connectivity index (χ4n) is 2.29. The van der Waals surface area contributed by atoms with Crippen LogP contribution in [0.2, 0.25) is 0 Å². The van der Waals surface area contributed by atoms with E-state index in [0.717, 1.165) is 6.07 Å². The number of hydrogen-bond donors (Lipinski definition) is 3. The topological polar surface area (TPSA) is 124 Å². The second-order valence-electron chi connectivity index (χ2n) is 5.39. The Morgan fingerprint density at radius 3 is 2.52 bits per heavy atom. The molecule has 2 aromatic rings. The maximum absolute atomic E-state index is 14.0. The fourth-order valence-corrected chi connectivity index (χ4v) is 2.29. The molecule has 1 aromatic heterocycles. The van der Waals surface area contributed by atoms with Crippen molar-refractivity contribution in [2.24, 2.45) is 5.73 Å². The first-order valence-corrected chi connectivity index (χ1v) is 6.90. The first-order chi connectivity index (χ1) is 10.7. The molecule has 0 aliphatic heterocycles. The Morgan fingerprint density at radius 2 is 2.04 bits per heavy atom. The third-order valence-corrected chi connectivity index (χ3v) is 3.35. The number of aliphatic carboxylic acids is 1. The lowest BCUT2D eigenvalue weighted by molar-refractivity contribution is -0.136. The molecule has 7 nitrogen and oxygen atoms in total. The molecule has 1 heterocycles. The third-order valence-electron chi connectivity index (χ3n) is 3.35. The van der Waals surface area contributed by atoms with Crippen LogP contribution in [0.1, 0.15) is 35.8 Å². The molecule has 0 unspecified atom stereocenters. The zero-order chi connectivity index (χ0) is 17.3. The smallest absolute Gasteiger partial charge is 0.307 e. The minimum Gasteiger partial charge on any atom is -0.481 e. The van der Waals surface area contributed by atoms with Gasteiger partial charge in [-0.25, -0.2) is 9.07 Å². The number of benzene rings is 1. The number of nitrogen functional groups attached to an aromatic ring is 1. The molecule has 1 aromatic carbocycles. The molecule has 0 spiro atoms. The monoisotopic (exact) mass is 320 g/mol. The number of carbonyl (C=O) groups excluding carboxylic acids is 1. The average Bonchev–Trinajstić information content (AvgIpc) is 2.78. The number of anilines is 1. The number of amides is 1. The van der Waals surface area contributed by atoms with Crippen LogP contribution in [0.4, 0.5) is 10.2 Å². The van der Waals surface area contributed by atoms with Crippen LogP contribution in [0.3, 0.4) is 0 Å². The number of carbonyl (C=O) groups is 2. The number of primary amides is 1. The van der Waals surface area contributed by atoms with Crippen molar-refractivity contribution >= 4 is 17.7 Å². The van der Waals surface area contributed by atoms with Crippen LogP contribution < -0.4 is 11.5 Å². The minimum atomic E-state index is -1.14. The molecule has 0 aliphatic rings. The Bertz CT molecular complexity index is 783. The van der Waals surface area contributed by atoms with Crippen LogP contribution in [0.5, 0.6) is 0 Å². The number of carboxylic acids is 1. The van der Waals surface area contributed by atoms with Gasteiger partial charge in [-0.2, -0.15) is 5.10 Å².